The zero-order valence-electron chi connectivity index (χ0n) is 13.5. The van der Waals surface area contributed by atoms with E-state index >= 15 is 0 Å². The molecule has 0 heterocycles. The largest absolute Gasteiger partial charge is 0.467 e. The van der Waals surface area contributed by atoms with Crippen LogP contribution in [0.1, 0.15) is 29.3 Å². The van der Waals surface area contributed by atoms with Crippen LogP contribution in [0.5, 0.6) is 0 Å². The Morgan fingerprint density at radius 3 is 2.46 bits per heavy atom. The number of hydrogen-bond donors (Lipinski definition) is 3. The lowest BCUT2D eigenvalue weighted by Crippen LogP contribution is -2.48. The lowest BCUT2D eigenvalue weighted by Gasteiger charge is -2.18. The number of nitrogens with one attached hydrogen (secondary N) is 1. The number of hydrogen-bond acceptors (Lipinski definition) is 5. The van der Waals surface area contributed by atoms with Gasteiger partial charge in [0.25, 0.3) is 5.91 Å². The number of esters is 1. The highest BCUT2D eigenvalue weighted by Gasteiger charge is 2.26. The van der Waals surface area contributed by atoms with Crippen LogP contribution in [0.3, 0.4) is 0 Å². The van der Waals surface area contributed by atoms with Gasteiger partial charge < -0.3 is 20.3 Å². The fourth-order valence-corrected chi connectivity index (χ4v) is 1.70. The van der Waals surface area contributed by atoms with E-state index in [9.17, 15) is 14.7 Å². The summed E-state index contributed by atoms with van der Waals surface area (Å²) < 4.78 is 4.54. The Hall–Kier alpha value is -2.80. The van der Waals surface area contributed by atoms with Crippen molar-refractivity contribution in [1.29, 1.82) is 0 Å². The molecule has 24 heavy (non-hydrogen) atoms. The van der Waals surface area contributed by atoms with Gasteiger partial charge in [0.15, 0.2) is 6.04 Å². The molecule has 0 radical (unpaired) electrons. The van der Waals surface area contributed by atoms with E-state index in [2.05, 4.69) is 33.7 Å². The number of methoxy groups -OCH3 is 1. The maximum absolute atomic E-state index is 12.1. The van der Waals surface area contributed by atoms with Gasteiger partial charge in [0, 0.05) is 17.5 Å². The van der Waals surface area contributed by atoms with E-state index in [-0.39, 0.29) is 6.61 Å². The standard InChI is InChI=1S/C18H19NO5/c1-13(21)16(18(23)24-2)19-17(22)15-10-8-14(9-11-15)7-5-3-4-6-12-20/h8-11,13,16,20-21H,6,12H2,1-2H3,(H,19,22). The highest BCUT2D eigenvalue weighted by Crippen LogP contribution is 2.05. The van der Waals surface area contributed by atoms with Gasteiger partial charge in [-0.2, -0.15) is 0 Å². The Morgan fingerprint density at radius 1 is 1.25 bits per heavy atom. The first kappa shape index (κ1) is 19.2. The molecule has 0 saturated heterocycles. The quantitative estimate of drug-likeness (QED) is 0.525. The molecule has 6 heteroatoms. The minimum absolute atomic E-state index is 0.00247. The first-order chi connectivity index (χ1) is 11.5. The van der Waals surface area contributed by atoms with Gasteiger partial charge in [0.1, 0.15) is 0 Å². The predicted molar refractivity (Wildman–Crippen MR) is 87.7 cm³/mol. The van der Waals surface area contributed by atoms with Crippen LogP contribution in [0.25, 0.3) is 0 Å². The van der Waals surface area contributed by atoms with Crippen LogP contribution in [-0.2, 0) is 9.53 Å². The maximum atomic E-state index is 12.1. The second-order valence-corrected chi connectivity index (χ2v) is 4.82. The van der Waals surface area contributed by atoms with Gasteiger partial charge in [-0.25, -0.2) is 4.79 Å². The number of aliphatic hydroxyl groups is 2. The summed E-state index contributed by atoms with van der Waals surface area (Å²) in [4.78, 5) is 23.6. The van der Waals surface area contributed by atoms with E-state index in [0.717, 1.165) is 0 Å². The van der Waals surface area contributed by atoms with E-state index < -0.39 is 24.0 Å². The summed E-state index contributed by atoms with van der Waals surface area (Å²) in [7, 11) is 1.18. The molecule has 0 aromatic heterocycles. The number of carbonyl (C=O) groups is 2. The molecule has 126 valence electrons. The third-order valence-corrected chi connectivity index (χ3v) is 2.97. The fraction of sp³-hybridized carbons (Fsp3) is 0.333. The summed E-state index contributed by atoms with van der Waals surface area (Å²) in [5.74, 6) is 9.49. The van der Waals surface area contributed by atoms with E-state index in [0.29, 0.717) is 17.5 Å². The average molecular weight is 329 g/mol. The number of amides is 1. The van der Waals surface area contributed by atoms with Crippen molar-refractivity contribution in [2.24, 2.45) is 0 Å². The van der Waals surface area contributed by atoms with Crippen molar-refractivity contribution in [1.82, 2.24) is 5.32 Å². The van der Waals surface area contributed by atoms with Crippen LogP contribution < -0.4 is 5.32 Å². The number of aliphatic hydroxyl groups excluding tert-OH is 2. The van der Waals surface area contributed by atoms with Gasteiger partial charge in [-0.1, -0.05) is 11.8 Å². The Labute approximate surface area is 140 Å². The molecule has 0 aliphatic carbocycles. The average Bonchev–Trinajstić information content (AvgIpc) is 2.58. The summed E-state index contributed by atoms with van der Waals surface area (Å²) in [5.41, 5.74) is 0.992. The van der Waals surface area contributed by atoms with E-state index in [4.69, 9.17) is 5.11 Å². The first-order valence-electron chi connectivity index (χ1n) is 7.26. The van der Waals surface area contributed by atoms with Gasteiger partial charge >= 0.3 is 5.97 Å². The molecule has 2 atom stereocenters. The molecule has 0 aliphatic heterocycles. The van der Waals surface area contributed by atoms with Gasteiger partial charge in [0.2, 0.25) is 0 Å². The van der Waals surface area contributed by atoms with Crippen LogP contribution >= 0.6 is 0 Å². The van der Waals surface area contributed by atoms with Crippen LogP contribution in [-0.4, -0.2) is 48.0 Å². The molecule has 0 bridgehead atoms. The molecule has 6 nitrogen and oxygen atoms in total. The van der Waals surface area contributed by atoms with E-state index in [1.807, 2.05) is 0 Å². The van der Waals surface area contributed by atoms with Crippen LogP contribution in [0.4, 0.5) is 0 Å². The van der Waals surface area contributed by atoms with Crippen LogP contribution in [0, 0.1) is 23.7 Å². The van der Waals surface area contributed by atoms with E-state index in [1.54, 1.807) is 24.3 Å². The molecule has 1 aromatic rings. The lowest BCUT2D eigenvalue weighted by molar-refractivity contribution is -0.145. The summed E-state index contributed by atoms with van der Waals surface area (Å²) in [6.45, 7) is 1.38. The highest BCUT2D eigenvalue weighted by molar-refractivity contribution is 5.97. The molecule has 1 amide bonds. The van der Waals surface area contributed by atoms with Gasteiger partial charge in [-0.3, -0.25) is 4.79 Å². The van der Waals surface area contributed by atoms with Gasteiger partial charge in [-0.05, 0) is 43.0 Å². The van der Waals surface area contributed by atoms with Gasteiger partial charge in [0.05, 0.1) is 19.8 Å². The number of rotatable bonds is 5. The normalized spacial score (nSPS) is 11.8. The zero-order valence-corrected chi connectivity index (χ0v) is 13.5. The summed E-state index contributed by atoms with van der Waals surface area (Å²) in [6.07, 6.45) is -0.706. The highest BCUT2D eigenvalue weighted by atomic mass is 16.5. The Bertz CT molecular complexity index is 686. The Kier molecular flexibility index (Phi) is 8.07. The molecule has 1 rings (SSSR count). The van der Waals surface area contributed by atoms with Crippen molar-refractivity contribution in [2.45, 2.75) is 25.5 Å². The number of ether oxygens (including phenoxy) is 1. The topological polar surface area (TPSA) is 95.9 Å². The van der Waals surface area contributed by atoms with E-state index in [1.165, 1.54) is 14.0 Å². The van der Waals surface area contributed by atoms with Crippen molar-refractivity contribution in [2.75, 3.05) is 13.7 Å². The van der Waals surface area contributed by atoms with Crippen molar-refractivity contribution >= 4 is 11.9 Å². The summed E-state index contributed by atoms with van der Waals surface area (Å²) in [5, 5.41) is 20.6. The Morgan fingerprint density at radius 2 is 1.92 bits per heavy atom. The zero-order chi connectivity index (χ0) is 17.9. The van der Waals surface area contributed by atoms with Crippen molar-refractivity contribution in [3.05, 3.63) is 35.4 Å². The van der Waals surface area contributed by atoms with Crippen molar-refractivity contribution in [3.63, 3.8) is 0 Å². The third kappa shape index (κ3) is 6.13. The SMILES string of the molecule is COC(=O)C(NC(=O)c1ccc(C#CC#CCCO)cc1)C(C)O. The second kappa shape index (κ2) is 10.1. The monoisotopic (exact) mass is 329 g/mol. The predicted octanol–water partition coefficient (Wildman–Crippen LogP) is 0.0761. The fourth-order valence-electron chi connectivity index (χ4n) is 1.70. The summed E-state index contributed by atoms with van der Waals surface area (Å²) >= 11 is 0. The molecule has 2 unspecified atom stereocenters. The first-order valence-corrected chi connectivity index (χ1v) is 7.26. The van der Waals surface area contributed by atoms with Crippen molar-refractivity contribution < 1.29 is 24.5 Å². The Balaban J connectivity index is 2.76. The summed E-state index contributed by atoms with van der Waals surface area (Å²) in [6, 6.07) is 5.26. The van der Waals surface area contributed by atoms with Gasteiger partial charge in [-0.15, -0.1) is 0 Å². The molecule has 0 aliphatic rings. The molecule has 0 saturated carbocycles. The van der Waals surface area contributed by atoms with Crippen molar-refractivity contribution in [3.8, 4) is 23.7 Å². The molecule has 0 spiro atoms. The maximum Gasteiger partial charge on any atom is 0.331 e. The lowest BCUT2D eigenvalue weighted by atomic mass is 10.1. The molecular weight excluding hydrogens is 310 g/mol. The molecule has 1 aromatic carbocycles. The second-order valence-electron chi connectivity index (χ2n) is 4.82. The molecular formula is C18H19NO5. The minimum atomic E-state index is -1.14. The van der Waals surface area contributed by atoms with Crippen LogP contribution in [0.2, 0.25) is 0 Å². The smallest absolute Gasteiger partial charge is 0.331 e. The molecule has 0 fully saturated rings. The third-order valence-electron chi connectivity index (χ3n) is 2.97. The number of carbonyl (C=O) groups excluding carboxylic acids is 2. The number of benzene rings is 1. The van der Waals surface area contributed by atoms with Crippen LogP contribution in [0.15, 0.2) is 24.3 Å². The molecule has 3 N–H and O–H groups in total. The minimum Gasteiger partial charge on any atom is -0.467 e.